The lowest BCUT2D eigenvalue weighted by Crippen LogP contribution is -2.04. The van der Waals surface area contributed by atoms with Crippen molar-refractivity contribution in [3.63, 3.8) is 0 Å². The zero-order valence-corrected chi connectivity index (χ0v) is 8.53. The standard InChI is InChI=1S/C11H12N2O2/c1-2-3-4-8-5-6-9(11(14)15)13-10(8)7-12/h5-6H,2-4H2,1H3,(H,14,15). The van der Waals surface area contributed by atoms with E-state index in [0.717, 1.165) is 24.8 Å². The maximum Gasteiger partial charge on any atom is 0.354 e. The molecule has 0 amide bonds. The first-order valence-electron chi connectivity index (χ1n) is 4.82. The summed E-state index contributed by atoms with van der Waals surface area (Å²) < 4.78 is 0. The number of aryl methyl sites for hydroxylation is 1. The van der Waals surface area contributed by atoms with Crippen molar-refractivity contribution < 1.29 is 9.90 Å². The second kappa shape index (κ2) is 5.11. The van der Waals surface area contributed by atoms with E-state index in [4.69, 9.17) is 10.4 Å². The van der Waals surface area contributed by atoms with Gasteiger partial charge < -0.3 is 5.11 Å². The van der Waals surface area contributed by atoms with Crippen LogP contribution in [0, 0.1) is 11.3 Å². The van der Waals surface area contributed by atoms with Gasteiger partial charge in [0, 0.05) is 0 Å². The van der Waals surface area contributed by atoms with E-state index in [9.17, 15) is 4.79 Å². The SMILES string of the molecule is CCCCc1ccc(C(=O)O)nc1C#N. The van der Waals surface area contributed by atoms with Gasteiger partial charge in [-0.15, -0.1) is 0 Å². The third kappa shape index (κ3) is 2.78. The van der Waals surface area contributed by atoms with Crippen LogP contribution in [0.15, 0.2) is 12.1 Å². The summed E-state index contributed by atoms with van der Waals surface area (Å²) in [5.41, 5.74) is 0.972. The van der Waals surface area contributed by atoms with Gasteiger partial charge in [-0.1, -0.05) is 19.4 Å². The number of rotatable bonds is 4. The Morgan fingerprint density at radius 2 is 2.33 bits per heavy atom. The zero-order chi connectivity index (χ0) is 11.3. The Morgan fingerprint density at radius 3 is 2.87 bits per heavy atom. The lowest BCUT2D eigenvalue weighted by molar-refractivity contribution is 0.0690. The highest BCUT2D eigenvalue weighted by atomic mass is 16.4. The predicted molar refractivity (Wildman–Crippen MR) is 54.5 cm³/mol. The third-order valence-corrected chi connectivity index (χ3v) is 2.10. The highest BCUT2D eigenvalue weighted by Crippen LogP contribution is 2.10. The Hall–Kier alpha value is -1.89. The summed E-state index contributed by atoms with van der Waals surface area (Å²) in [7, 11) is 0. The van der Waals surface area contributed by atoms with Gasteiger partial charge in [0.15, 0.2) is 0 Å². The van der Waals surface area contributed by atoms with E-state index >= 15 is 0 Å². The van der Waals surface area contributed by atoms with Gasteiger partial charge in [-0.05, 0) is 24.5 Å². The average molecular weight is 204 g/mol. The van der Waals surface area contributed by atoms with E-state index in [1.165, 1.54) is 6.07 Å². The Bertz CT molecular complexity index is 408. The molecule has 0 saturated heterocycles. The molecule has 1 aromatic rings. The largest absolute Gasteiger partial charge is 0.477 e. The maximum absolute atomic E-state index is 10.6. The van der Waals surface area contributed by atoms with Gasteiger partial charge in [-0.2, -0.15) is 5.26 Å². The molecule has 1 N–H and O–H groups in total. The van der Waals surface area contributed by atoms with Crippen molar-refractivity contribution in [2.75, 3.05) is 0 Å². The van der Waals surface area contributed by atoms with Gasteiger partial charge in [0.1, 0.15) is 17.5 Å². The number of nitrogens with zero attached hydrogens (tertiary/aromatic N) is 2. The summed E-state index contributed by atoms with van der Waals surface area (Å²) in [6.07, 6.45) is 2.78. The summed E-state index contributed by atoms with van der Waals surface area (Å²) in [5, 5.41) is 17.5. The Kier molecular flexibility index (Phi) is 3.81. The normalized spacial score (nSPS) is 9.60. The van der Waals surface area contributed by atoms with Crippen molar-refractivity contribution >= 4 is 5.97 Å². The fourth-order valence-electron chi connectivity index (χ4n) is 1.27. The highest BCUT2D eigenvalue weighted by molar-refractivity contribution is 5.85. The molecule has 1 heterocycles. The molecule has 4 heteroatoms. The quantitative estimate of drug-likeness (QED) is 0.813. The van der Waals surface area contributed by atoms with Crippen LogP contribution in [0.5, 0.6) is 0 Å². The molecule has 78 valence electrons. The van der Waals surface area contributed by atoms with Crippen LogP contribution in [0.1, 0.15) is 41.5 Å². The number of aromatic nitrogens is 1. The number of carbonyl (C=O) groups is 1. The van der Waals surface area contributed by atoms with Crippen LogP contribution in [-0.2, 0) is 6.42 Å². The molecule has 15 heavy (non-hydrogen) atoms. The number of nitriles is 1. The second-order valence-corrected chi connectivity index (χ2v) is 3.22. The molecule has 0 bridgehead atoms. The molecule has 0 atom stereocenters. The molecule has 4 nitrogen and oxygen atoms in total. The van der Waals surface area contributed by atoms with Gasteiger partial charge in [-0.3, -0.25) is 0 Å². The van der Waals surface area contributed by atoms with Crippen LogP contribution in [-0.4, -0.2) is 16.1 Å². The summed E-state index contributed by atoms with van der Waals surface area (Å²) in [6, 6.07) is 5.04. The number of unbranched alkanes of at least 4 members (excludes halogenated alkanes) is 1. The van der Waals surface area contributed by atoms with E-state index in [-0.39, 0.29) is 11.4 Å². The molecule has 0 aliphatic carbocycles. The third-order valence-electron chi connectivity index (χ3n) is 2.10. The molecule has 0 radical (unpaired) electrons. The maximum atomic E-state index is 10.6. The van der Waals surface area contributed by atoms with E-state index in [2.05, 4.69) is 11.9 Å². The number of hydrogen-bond donors (Lipinski definition) is 1. The summed E-state index contributed by atoms with van der Waals surface area (Å²) in [6.45, 7) is 2.06. The average Bonchev–Trinajstić information content (AvgIpc) is 2.25. The predicted octanol–water partition coefficient (Wildman–Crippen LogP) is 1.99. The zero-order valence-electron chi connectivity index (χ0n) is 8.53. The first-order valence-corrected chi connectivity index (χ1v) is 4.82. The molecule has 0 saturated carbocycles. The highest BCUT2D eigenvalue weighted by Gasteiger charge is 2.09. The molecular formula is C11H12N2O2. The van der Waals surface area contributed by atoms with E-state index in [1.54, 1.807) is 6.07 Å². The fourth-order valence-corrected chi connectivity index (χ4v) is 1.27. The van der Waals surface area contributed by atoms with E-state index in [0.29, 0.717) is 0 Å². The molecule has 0 unspecified atom stereocenters. The first-order chi connectivity index (χ1) is 7.19. The van der Waals surface area contributed by atoms with Crippen molar-refractivity contribution in [2.24, 2.45) is 0 Å². The van der Waals surface area contributed by atoms with Crippen LogP contribution in [0.2, 0.25) is 0 Å². The first kappa shape index (κ1) is 11.2. The van der Waals surface area contributed by atoms with Gasteiger partial charge >= 0.3 is 5.97 Å². The van der Waals surface area contributed by atoms with Crippen molar-refractivity contribution in [1.29, 1.82) is 5.26 Å². The Morgan fingerprint density at radius 1 is 1.60 bits per heavy atom. The molecule has 0 aromatic carbocycles. The molecule has 0 aliphatic heterocycles. The van der Waals surface area contributed by atoms with Crippen LogP contribution in [0.3, 0.4) is 0 Å². The second-order valence-electron chi connectivity index (χ2n) is 3.22. The van der Waals surface area contributed by atoms with E-state index < -0.39 is 5.97 Å². The molecule has 0 spiro atoms. The molecular weight excluding hydrogens is 192 g/mol. The lowest BCUT2D eigenvalue weighted by Gasteiger charge is -2.02. The van der Waals surface area contributed by atoms with Crippen LogP contribution in [0.25, 0.3) is 0 Å². The monoisotopic (exact) mass is 204 g/mol. The minimum Gasteiger partial charge on any atom is -0.477 e. The van der Waals surface area contributed by atoms with Crippen LogP contribution >= 0.6 is 0 Å². The van der Waals surface area contributed by atoms with Gasteiger partial charge in [0.2, 0.25) is 0 Å². The number of carboxylic acids is 1. The summed E-state index contributed by atoms with van der Waals surface area (Å²) >= 11 is 0. The van der Waals surface area contributed by atoms with Crippen LogP contribution in [0.4, 0.5) is 0 Å². The minimum absolute atomic E-state index is 0.0770. The van der Waals surface area contributed by atoms with Crippen molar-refractivity contribution in [3.8, 4) is 6.07 Å². The Balaban J connectivity index is 3.00. The minimum atomic E-state index is -1.10. The summed E-state index contributed by atoms with van der Waals surface area (Å²) in [4.78, 5) is 14.4. The topological polar surface area (TPSA) is 74.0 Å². The Labute approximate surface area is 88.2 Å². The van der Waals surface area contributed by atoms with Gasteiger partial charge in [-0.25, -0.2) is 9.78 Å². The number of aromatic carboxylic acids is 1. The van der Waals surface area contributed by atoms with Crippen molar-refractivity contribution in [3.05, 3.63) is 29.1 Å². The lowest BCUT2D eigenvalue weighted by atomic mass is 10.1. The number of pyridine rings is 1. The molecule has 1 rings (SSSR count). The molecule has 0 aliphatic rings. The van der Waals surface area contributed by atoms with Crippen molar-refractivity contribution in [1.82, 2.24) is 4.98 Å². The van der Waals surface area contributed by atoms with Crippen LogP contribution < -0.4 is 0 Å². The van der Waals surface area contributed by atoms with Crippen molar-refractivity contribution in [2.45, 2.75) is 26.2 Å². The smallest absolute Gasteiger partial charge is 0.354 e. The van der Waals surface area contributed by atoms with Gasteiger partial charge in [0.05, 0.1) is 0 Å². The van der Waals surface area contributed by atoms with Gasteiger partial charge in [0.25, 0.3) is 0 Å². The number of carboxylic acid groups (broad SMARTS) is 1. The van der Waals surface area contributed by atoms with E-state index in [1.807, 2.05) is 6.07 Å². The fraction of sp³-hybridized carbons (Fsp3) is 0.364. The molecule has 1 aromatic heterocycles. The summed E-state index contributed by atoms with van der Waals surface area (Å²) in [5.74, 6) is -1.10. The molecule has 0 fully saturated rings. The number of hydrogen-bond acceptors (Lipinski definition) is 3.